The van der Waals surface area contributed by atoms with E-state index >= 15 is 0 Å². The molecule has 0 radical (unpaired) electrons. The Morgan fingerprint density at radius 2 is 2.30 bits per heavy atom. The Hall–Kier alpha value is -2.41. The zero-order valence-electron chi connectivity index (χ0n) is 10.8. The Kier molecular flexibility index (Phi) is 3.34. The lowest BCUT2D eigenvalue weighted by atomic mass is 10.1. The van der Waals surface area contributed by atoms with Gasteiger partial charge in [-0.3, -0.25) is 10.4 Å². The maximum absolute atomic E-state index is 11.5. The second kappa shape index (κ2) is 5.30. The number of hydrogen-bond donors (Lipinski definition) is 3. The molecule has 0 unspecified atom stereocenters. The molecule has 2 heterocycles. The number of carbonyl (C=O) groups is 1. The summed E-state index contributed by atoms with van der Waals surface area (Å²) in [4.78, 5) is 15.9. The molecule has 0 saturated carbocycles. The Morgan fingerprint density at radius 1 is 1.40 bits per heavy atom. The molecular weight excluding hydrogens is 274 g/mol. The van der Waals surface area contributed by atoms with E-state index in [0.29, 0.717) is 11.7 Å². The molecule has 0 fully saturated rings. The van der Waals surface area contributed by atoms with Gasteiger partial charge in [0.15, 0.2) is 5.13 Å². The van der Waals surface area contributed by atoms with Crippen LogP contribution < -0.4 is 10.6 Å². The molecule has 6 nitrogen and oxygen atoms in total. The van der Waals surface area contributed by atoms with Crippen LogP contribution in [0.25, 0.3) is 21.3 Å². The number of urea groups is 1. The summed E-state index contributed by atoms with van der Waals surface area (Å²) >= 11 is 1.45. The minimum Gasteiger partial charge on any atom is -0.338 e. The van der Waals surface area contributed by atoms with Crippen molar-refractivity contribution in [2.24, 2.45) is 0 Å². The van der Waals surface area contributed by atoms with Gasteiger partial charge in [0, 0.05) is 18.3 Å². The Bertz CT molecular complexity index is 734. The molecule has 0 atom stereocenters. The normalized spacial score (nSPS) is 10.7. The lowest BCUT2D eigenvalue weighted by Gasteiger charge is -2.00. The second-order valence-electron chi connectivity index (χ2n) is 4.17. The number of rotatable bonds is 3. The zero-order valence-corrected chi connectivity index (χ0v) is 11.6. The molecule has 102 valence electrons. The molecule has 2 amide bonds. The molecule has 0 bridgehead atoms. The first-order valence-electron chi connectivity index (χ1n) is 6.21. The first kappa shape index (κ1) is 12.6. The Balaban J connectivity index is 1.89. The number of amides is 2. The van der Waals surface area contributed by atoms with E-state index in [9.17, 15) is 4.79 Å². The van der Waals surface area contributed by atoms with Crippen LogP contribution in [0.3, 0.4) is 0 Å². The molecule has 20 heavy (non-hydrogen) atoms. The van der Waals surface area contributed by atoms with Crippen molar-refractivity contribution in [3.8, 4) is 11.1 Å². The number of thiazole rings is 1. The van der Waals surface area contributed by atoms with E-state index in [2.05, 4.69) is 25.8 Å². The van der Waals surface area contributed by atoms with Crippen LogP contribution >= 0.6 is 11.3 Å². The van der Waals surface area contributed by atoms with Crippen molar-refractivity contribution >= 4 is 32.7 Å². The summed E-state index contributed by atoms with van der Waals surface area (Å²) in [6.07, 6.45) is 3.60. The monoisotopic (exact) mass is 287 g/mol. The fourth-order valence-electron chi connectivity index (χ4n) is 1.87. The molecule has 7 heteroatoms. The summed E-state index contributed by atoms with van der Waals surface area (Å²) < 4.78 is 1.03. The number of anilines is 1. The molecule has 2 aromatic heterocycles. The van der Waals surface area contributed by atoms with Gasteiger partial charge in [0.2, 0.25) is 0 Å². The number of nitrogens with one attached hydrogen (secondary N) is 3. The summed E-state index contributed by atoms with van der Waals surface area (Å²) in [7, 11) is 0. The van der Waals surface area contributed by atoms with Crippen molar-refractivity contribution in [3.63, 3.8) is 0 Å². The van der Waals surface area contributed by atoms with Crippen LogP contribution in [0.1, 0.15) is 6.92 Å². The van der Waals surface area contributed by atoms with Gasteiger partial charge >= 0.3 is 6.03 Å². The lowest BCUT2D eigenvalue weighted by Crippen LogP contribution is -2.28. The molecule has 1 aromatic carbocycles. The highest BCUT2D eigenvalue weighted by atomic mass is 32.1. The van der Waals surface area contributed by atoms with Crippen molar-refractivity contribution in [2.45, 2.75) is 6.92 Å². The molecule has 0 aliphatic rings. The van der Waals surface area contributed by atoms with Gasteiger partial charge in [-0.1, -0.05) is 17.4 Å². The topological polar surface area (TPSA) is 82.7 Å². The molecule has 0 saturated heterocycles. The maximum atomic E-state index is 11.5. The van der Waals surface area contributed by atoms with E-state index in [4.69, 9.17) is 0 Å². The van der Waals surface area contributed by atoms with E-state index in [0.717, 1.165) is 21.3 Å². The third-order valence-electron chi connectivity index (χ3n) is 2.78. The molecule has 3 aromatic rings. The molecule has 0 spiro atoms. The number of fused-ring (bicyclic) bond motifs is 1. The minimum atomic E-state index is -0.235. The summed E-state index contributed by atoms with van der Waals surface area (Å²) in [6, 6.07) is 5.76. The van der Waals surface area contributed by atoms with E-state index < -0.39 is 0 Å². The van der Waals surface area contributed by atoms with Gasteiger partial charge in [-0.2, -0.15) is 5.10 Å². The Morgan fingerprint density at radius 3 is 3.05 bits per heavy atom. The van der Waals surface area contributed by atoms with Gasteiger partial charge in [-0.15, -0.1) is 0 Å². The predicted octanol–water partition coefficient (Wildman–Crippen LogP) is 2.83. The smallest absolute Gasteiger partial charge is 0.321 e. The summed E-state index contributed by atoms with van der Waals surface area (Å²) in [5, 5.41) is 12.7. The fourth-order valence-corrected chi connectivity index (χ4v) is 2.71. The third kappa shape index (κ3) is 2.48. The summed E-state index contributed by atoms with van der Waals surface area (Å²) in [5.41, 5.74) is 2.92. The van der Waals surface area contributed by atoms with Crippen LogP contribution in [-0.4, -0.2) is 27.8 Å². The number of nitrogens with zero attached hydrogens (tertiary/aromatic N) is 2. The van der Waals surface area contributed by atoms with Gasteiger partial charge in [0.05, 0.1) is 16.4 Å². The molecule has 3 rings (SSSR count). The number of aromatic nitrogens is 3. The Labute approximate surface area is 119 Å². The van der Waals surface area contributed by atoms with Gasteiger partial charge < -0.3 is 5.32 Å². The number of hydrogen-bond acceptors (Lipinski definition) is 4. The zero-order chi connectivity index (χ0) is 13.9. The predicted molar refractivity (Wildman–Crippen MR) is 79.9 cm³/mol. The van der Waals surface area contributed by atoms with Crippen LogP contribution in [0, 0.1) is 0 Å². The highest BCUT2D eigenvalue weighted by Crippen LogP contribution is 2.29. The molecule has 0 aliphatic heterocycles. The largest absolute Gasteiger partial charge is 0.338 e. The first-order chi connectivity index (χ1) is 9.76. The van der Waals surface area contributed by atoms with Crippen LogP contribution in [0.5, 0.6) is 0 Å². The average Bonchev–Trinajstić information content (AvgIpc) is 3.06. The van der Waals surface area contributed by atoms with E-state index in [-0.39, 0.29) is 6.03 Å². The van der Waals surface area contributed by atoms with Crippen LogP contribution in [0.15, 0.2) is 30.6 Å². The van der Waals surface area contributed by atoms with Gasteiger partial charge in [-0.25, -0.2) is 9.78 Å². The quantitative estimate of drug-likeness (QED) is 0.692. The second-order valence-corrected chi connectivity index (χ2v) is 5.20. The first-order valence-corrected chi connectivity index (χ1v) is 7.02. The fraction of sp³-hybridized carbons (Fsp3) is 0.154. The SMILES string of the molecule is CCNC(=O)Nc1nc2cc(-c3cn[nH]c3)ccc2s1. The van der Waals surface area contributed by atoms with Crippen molar-refractivity contribution in [3.05, 3.63) is 30.6 Å². The maximum Gasteiger partial charge on any atom is 0.321 e. The summed E-state index contributed by atoms with van der Waals surface area (Å²) in [5.74, 6) is 0. The number of H-pyrrole nitrogens is 1. The summed E-state index contributed by atoms with van der Waals surface area (Å²) in [6.45, 7) is 2.45. The minimum absolute atomic E-state index is 0.235. The van der Waals surface area contributed by atoms with Crippen molar-refractivity contribution in [1.29, 1.82) is 0 Å². The standard InChI is InChI=1S/C13H13N5OS/c1-2-14-12(19)18-13-17-10-5-8(3-4-11(10)20-13)9-6-15-16-7-9/h3-7H,2H2,1H3,(H,15,16)(H2,14,17,18,19). The number of aromatic amines is 1. The van der Waals surface area contributed by atoms with E-state index in [1.807, 2.05) is 31.3 Å². The number of benzene rings is 1. The number of carbonyl (C=O) groups excluding carboxylic acids is 1. The highest BCUT2D eigenvalue weighted by molar-refractivity contribution is 7.22. The van der Waals surface area contributed by atoms with Gasteiger partial charge in [-0.05, 0) is 24.6 Å². The van der Waals surface area contributed by atoms with Crippen LogP contribution in [-0.2, 0) is 0 Å². The molecular formula is C13H13N5OS. The average molecular weight is 287 g/mol. The van der Waals surface area contributed by atoms with Crippen LogP contribution in [0.4, 0.5) is 9.93 Å². The highest BCUT2D eigenvalue weighted by Gasteiger charge is 2.08. The van der Waals surface area contributed by atoms with Gasteiger partial charge in [0.25, 0.3) is 0 Å². The van der Waals surface area contributed by atoms with Crippen molar-refractivity contribution < 1.29 is 4.79 Å². The third-order valence-corrected chi connectivity index (χ3v) is 3.73. The van der Waals surface area contributed by atoms with Crippen molar-refractivity contribution in [1.82, 2.24) is 20.5 Å². The van der Waals surface area contributed by atoms with E-state index in [1.165, 1.54) is 11.3 Å². The lowest BCUT2D eigenvalue weighted by molar-refractivity contribution is 0.252. The van der Waals surface area contributed by atoms with Gasteiger partial charge in [0.1, 0.15) is 0 Å². The van der Waals surface area contributed by atoms with Crippen molar-refractivity contribution in [2.75, 3.05) is 11.9 Å². The molecule has 0 aliphatic carbocycles. The van der Waals surface area contributed by atoms with E-state index in [1.54, 1.807) is 6.20 Å². The van der Waals surface area contributed by atoms with Crippen LogP contribution in [0.2, 0.25) is 0 Å². The molecule has 3 N–H and O–H groups in total.